The van der Waals surface area contributed by atoms with Crippen molar-refractivity contribution in [2.24, 2.45) is 0 Å². The van der Waals surface area contributed by atoms with E-state index in [9.17, 15) is 4.55 Å². The van der Waals surface area contributed by atoms with Crippen molar-refractivity contribution in [3.8, 4) is 0 Å². The predicted molar refractivity (Wildman–Crippen MR) is 64.1 cm³/mol. The van der Waals surface area contributed by atoms with Crippen LogP contribution < -0.4 is 0 Å². The van der Waals surface area contributed by atoms with Gasteiger partial charge in [-0.1, -0.05) is 17.8 Å². The number of hydrogen-bond donors (Lipinski definition) is 0. The summed E-state index contributed by atoms with van der Waals surface area (Å²) < 4.78 is 13.1. The minimum absolute atomic E-state index is 0.559. The van der Waals surface area contributed by atoms with Crippen molar-refractivity contribution in [1.29, 1.82) is 0 Å². The van der Waals surface area contributed by atoms with E-state index in [0.29, 0.717) is 15.9 Å². The van der Waals surface area contributed by atoms with Crippen LogP contribution in [0.25, 0.3) is 10.3 Å². The molecule has 84 valence electrons. The van der Waals surface area contributed by atoms with E-state index in [4.69, 9.17) is 0 Å². The Morgan fingerprint density at radius 2 is 2.25 bits per heavy atom. The van der Waals surface area contributed by atoms with Gasteiger partial charge in [-0.25, -0.2) is 9.97 Å². The van der Waals surface area contributed by atoms with Crippen molar-refractivity contribution in [2.75, 3.05) is 6.26 Å². The predicted octanol–water partition coefficient (Wildman–Crippen LogP) is 2.09. The van der Waals surface area contributed by atoms with Crippen LogP contribution in [0.2, 0.25) is 0 Å². The third-order valence-electron chi connectivity index (χ3n) is 2.94. The first-order chi connectivity index (χ1) is 7.75. The van der Waals surface area contributed by atoms with Crippen LogP contribution in [0.5, 0.6) is 0 Å². The summed E-state index contributed by atoms with van der Waals surface area (Å²) in [5.41, 5.74) is 1.80. The van der Waals surface area contributed by atoms with Crippen LogP contribution in [0.4, 0.5) is 0 Å². The van der Waals surface area contributed by atoms with Crippen LogP contribution in [0.3, 0.4) is 0 Å². The molecular formula is C10H11N3OS2. The second-order valence-electron chi connectivity index (χ2n) is 3.97. The fourth-order valence-electron chi connectivity index (χ4n) is 1.85. The van der Waals surface area contributed by atoms with Gasteiger partial charge in [0.1, 0.15) is 17.3 Å². The number of hydrogen-bond acceptors (Lipinski definition) is 5. The molecule has 0 N–H and O–H groups in total. The Hall–Kier alpha value is -0.720. The van der Waals surface area contributed by atoms with Crippen molar-refractivity contribution in [3.05, 3.63) is 12.0 Å². The maximum Gasteiger partial charge on any atom is 0.303 e. The van der Waals surface area contributed by atoms with E-state index < -0.39 is 11.2 Å². The minimum Gasteiger partial charge on any atom is -0.610 e. The third kappa shape index (κ3) is 1.61. The number of aromatic nitrogens is 3. The minimum atomic E-state index is -1.03. The summed E-state index contributed by atoms with van der Waals surface area (Å²) in [4.78, 5) is 12.8. The highest BCUT2D eigenvalue weighted by atomic mass is 32.2. The first-order valence-electron chi connectivity index (χ1n) is 5.20. The fraction of sp³-hybridized carbons (Fsp3) is 0.500. The molecule has 0 radical (unpaired) electrons. The van der Waals surface area contributed by atoms with Gasteiger partial charge in [-0.2, -0.15) is 4.98 Å². The van der Waals surface area contributed by atoms with Gasteiger partial charge in [-0.15, -0.1) is 0 Å². The highest BCUT2D eigenvalue weighted by Crippen LogP contribution is 2.39. The average molecular weight is 253 g/mol. The molecule has 1 atom stereocenters. The topological polar surface area (TPSA) is 61.7 Å². The molecule has 6 heteroatoms. The summed E-state index contributed by atoms with van der Waals surface area (Å²) in [5, 5.41) is 0. The van der Waals surface area contributed by atoms with Crippen LogP contribution in [0, 0.1) is 0 Å². The maximum atomic E-state index is 11.4. The van der Waals surface area contributed by atoms with E-state index in [2.05, 4.69) is 15.0 Å². The maximum absolute atomic E-state index is 11.4. The molecule has 1 aliphatic carbocycles. The molecule has 3 rings (SSSR count). The number of rotatable bonds is 2. The molecule has 0 aliphatic heterocycles. The Morgan fingerprint density at radius 3 is 2.88 bits per heavy atom. The van der Waals surface area contributed by atoms with Crippen molar-refractivity contribution in [2.45, 2.75) is 29.5 Å². The zero-order chi connectivity index (χ0) is 11.1. The summed E-state index contributed by atoms with van der Waals surface area (Å²) in [7, 11) is 0. The first kappa shape index (κ1) is 10.4. The second kappa shape index (κ2) is 3.94. The zero-order valence-electron chi connectivity index (χ0n) is 8.84. The Bertz CT molecular complexity index is 522. The van der Waals surface area contributed by atoms with Gasteiger partial charge in [-0.3, -0.25) is 0 Å². The lowest BCUT2D eigenvalue weighted by atomic mass is 9.83. The van der Waals surface area contributed by atoms with E-state index in [-0.39, 0.29) is 0 Å². The lowest BCUT2D eigenvalue weighted by Gasteiger charge is -2.24. The van der Waals surface area contributed by atoms with Crippen molar-refractivity contribution in [1.82, 2.24) is 15.0 Å². The van der Waals surface area contributed by atoms with Crippen molar-refractivity contribution in [3.63, 3.8) is 0 Å². The molecule has 0 spiro atoms. The van der Waals surface area contributed by atoms with Gasteiger partial charge in [0.2, 0.25) is 0 Å². The Labute approximate surface area is 100 Å². The molecule has 2 aromatic rings. The number of thiazole rings is 1. The fourth-order valence-corrected chi connectivity index (χ4v) is 3.60. The monoisotopic (exact) mass is 253 g/mol. The van der Waals surface area contributed by atoms with Crippen molar-refractivity contribution < 1.29 is 4.55 Å². The van der Waals surface area contributed by atoms with E-state index in [1.807, 2.05) is 0 Å². The summed E-state index contributed by atoms with van der Waals surface area (Å²) >= 11 is 0.446. The summed E-state index contributed by atoms with van der Waals surface area (Å²) in [5.74, 6) is 0.559. The Balaban J connectivity index is 2.13. The highest BCUT2D eigenvalue weighted by Gasteiger charge is 2.25. The van der Waals surface area contributed by atoms with Gasteiger partial charge in [0.25, 0.3) is 0 Å². The third-order valence-corrected chi connectivity index (χ3v) is 5.34. The van der Waals surface area contributed by atoms with Crippen LogP contribution in [-0.4, -0.2) is 25.8 Å². The Morgan fingerprint density at radius 1 is 1.44 bits per heavy atom. The molecule has 2 aromatic heterocycles. The molecule has 0 saturated heterocycles. The first-order valence-corrected chi connectivity index (χ1v) is 7.58. The molecular weight excluding hydrogens is 242 g/mol. The SMILES string of the molecule is C[S+]([O-])c1nc2ncnc(C3CCC3)c2s1. The van der Waals surface area contributed by atoms with E-state index in [0.717, 1.165) is 10.4 Å². The molecule has 1 unspecified atom stereocenters. The van der Waals surface area contributed by atoms with E-state index in [1.54, 1.807) is 12.6 Å². The van der Waals surface area contributed by atoms with Gasteiger partial charge in [0.05, 0.1) is 5.69 Å². The van der Waals surface area contributed by atoms with E-state index in [1.165, 1.54) is 30.6 Å². The second-order valence-corrected chi connectivity index (χ2v) is 6.53. The lowest BCUT2D eigenvalue weighted by molar-refractivity contribution is 0.414. The van der Waals surface area contributed by atoms with Crippen LogP contribution >= 0.6 is 11.3 Å². The molecule has 0 amide bonds. The van der Waals surface area contributed by atoms with Crippen LogP contribution in [0.15, 0.2) is 10.7 Å². The molecule has 1 fully saturated rings. The molecule has 0 aromatic carbocycles. The number of nitrogens with zero attached hydrogens (tertiary/aromatic N) is 3. The Kier molecular flexibility index (Phi) is 2.57. The van der Waals surface area contributed by atoms with Gasteiger partial charge < -0.3 is 4.55 Å². The smallest absolute Gasteiger partial charge is 0.303 e. The van der Waals surface area contributed by atoms with Gasteiger partial charge in [-0.05, 0) is 12.8 Å². The highest BCUT2D eigenvalue weighted by molar-refractivity contribution is 7.92. The molecule has 1 saturated carbocycles. The van der Waals surface area contributed by atoms with Gasteiger partial charge >= 0.3 is 4.34 Å². The standard InChI is InChI=1S/C10H11N3OS2/c1-16(14)10-13-9-8(15-10)7(11-5-12-9)6-3-2-4-6/h5-6H,2-4H2,1H3. The summed E-state index contributed by atoms with van der Waals surface area (Å²) in [6.45, 7) is 0. The lowest BCUT2D eigenvalue weighted by Crippen LogP contribution is -2.10. The van der Waals surface area contributed by atoms with E-state index >= 15 is 0 Å². The van der Waals surface area contributed by atoms with Crippen molar-refractivity contribution >= 4 is 32.9 Å². The molecule has 2 heterocycles. The molecule has 4 nitrogen and oxygen atoms in total. The molecule has 0 bridgehead atoms. The molecule has 1 aliphatic rings. The summed E-state index contributed by atoms with van der Waals surface area (Å²) in [6.07, 6.45) is 6.90. The number of fused-ring (bicyclic) bond motifs is 1. The summed E-state index contributed by atoms with van der Waals surface area (Å²) in [6, 6.07) is 0. The van der Waals surface area contributed by atoms with Crippen LogP contribution in [-0.2, 0) is 11.2 Å². The zero-order valence-corrected chi connectivity index (χ0v) is 10.5. The largest absolute Gasteiger partial charge is 0.610 e. The average Bonchev–Trinajstić information content (AvgIpc) is 2.59. The van der Waals surface area contributed by atoms with Gasteiger partial charge in [0, 0.05) is 17.1 Å². The van der Waals surface area contributed by atoms with Crippen LogP contribution in [0.1, 0.15) is 30.9 Å². The van der Waals surface area contributed by atoms with Gasteiger partial charge in [0.15, 0.2) is 5.65 Å². The molecule has 16 heavy (non-hydrogen) atoms. The normalized spacial score (nSPS) is 18.6. The quantitative estimate of drug-likeness (QED) is 0.769.